The van der Waals surface area contributed by atoms with E-state index >= 15 is 0 Å². The third kappa shape index (κ3) is 4.32. The van der Waals surface area contributed by atoms with E-state index in [1.165, 1.54) is 0 Å². The van der Waals surface area contributed by atoms with Gasteiger partial charge < -0.3 is 16.0 Å². The van der Waals surface area contributed by atoms with Crippen LogP contribution in [0.3, 0.4) is 0 Å². The molecule has 0 aliphatic rings. The van der Waals surface area contributed by atoms with Crippen LogP contribution in [0, 0.1) is 6.92 Å². The van der Waals surface area contributed by atoms with Crippen molar-refractivity contribution < 1.29 is 0 Å². The van der Waals surface area contributed by atoms with Crippen LogP contribution in [0.2, 0.25) is 5.02 Å². The van der Waals surface area contributed by atoms with Crippen molar-refractivity contribution >= 4 is 35.0 Å². The van der Waals surface area contributed by atoms with Crippen LogP contribution >= 0.6 is 11.6 Å². The van der Waals surface area contributed by atoms with E-state index in [2.05, 4.69) is 20.3 Å². The van der Waals surface area contributed by atoms with Crippen LogP contribution in [-0.4, -0.2) is 30.0 Å². The van der Waals surface area contributed by atoms with Crippen molar-refractivity contribution in [1.29, 1.82) is 0 Å². The smallest absolute Gasteiger partial charge is 0.254 e. The van der Waals surface area contributed by atoms with Crippen LogP contribution in [0.4, 0.5) is 17.5 Å². The van der Waals surface area contributed by atoms with Crippen LogP contribution in [0.1, 0.15) is 5.69 Å². The standard InChI is InChI=1S/C14H17ClN6/c1-9-8-12(21(2)3)19-14(17-9)20-13(16)18-11-6-4-10(15)5-7-11/h4-8H,1-3H3,(H3,16,17,18,19,20). The molecule has 2 rings (SSSR count). The van der Waals surface area contributed by atoms with Crippen molar-refractivity contribution in [3.05, 3.63) is 41.0 Å². The Morgan fingerprint density at radius 2 is 1.90 bits per heavy atom. The molecule has 1 aromatic heterocycles. The van der Waals surface area contributed by atoms with E-state index in [0.717, 1.165) is 17.2 Å². The molecule has 1 heterocycles. The van der Waals surface area contributed by atoms with E-state index in [0.29, 0.717) is 11.0 Å². The van der Waals surface area contributed by atoms with Gasteiger partial charge in [-0.15, -0.1) is 0 Å². The predicted molar refractivity (Wildman–Crippen MR) is 87.5 cm³/mol. The maximum atomic E-state index is 5.86. The fourth-order valence-corrected chi connectivity index (χ4v) is 1.76. The third-order valence-electron chi connectivity index (χ3n) is 2.62. The second-order valence-corrected chi connectivity index (χ2v) is 5.13. The number of nitrogens with two attached hydrogens (primary N) is 1. The van der Waals surface area contributed by atoms with E-state index < -0.39 is 0 Å². The molecule has 7 heteroatoms. The Hall–Kier alpha value is -2.34. The molecule has 0 aliphatic carbocycles. The summed E-state index contributed by atoms with van der Waals surface area (Å²) in [7, 11) is 3.81. The molecule has 0 bridgehead atoms. The largest absolute Gasteiger partial charge is 0.369 e. The molecule has 0 saturated carbocycles. The topological polar surface area (TPSA) is 79.4 Å². The summed E-state index contributed by atoms with van der Waals surface area (Å²) < 4.78 is 0. The summed E-state index contributed by atoms with van der Waals surface area (Å²) in [5.74, 6) is 1.31. The Morgan fingerprint density at radius 3 is 2.52 bits per heavy atom. The summed E-state index contributed by atoms with van der Waals surface area (Å²) in [6.07, 6.45) is 0. The van der Waals surface area contributed by atoms with Gasteiger partial charge in [0.1, 0.15) is 5.82 Å². The van der Waals surface area contributed by atoms with Gasteiger partial charge in [0.2, 0.25) is 5.96 Å². The summed E-state index contributed by atoms with van der Waals surface area (Å²) in [6, 6.07) is 9.04. The quantitative estimate of drug-likeness (QED) is 0.673. The van der Waals surface area contributed by atoms with E-state index in [9.17, 15) is 0 Å². The van der Waals surface area contributed by atoms with Crippen molar-refractivity contribution in [2.75, 3.05) is 24.3 Å². The van der Waals surface area contributed by atoms with Crippen LogP contribution in [-0.2, 0) is 0 Å². The van der Waals surface area contributed by atoms with Gasteiger partial charge in [-0.2, -0.15) is 9.98 Å². The molecule has 0 unspecified atom stereocenters. The number of aryl methyl sites for hydroxylation is 1. The number of nitrogens with one attached hydrogen (secondary N) is 1. The maximum absolute atomic E-state index is 5.86. The molecule has 0 amide bonds. The minimum absolute atomic E-state index is 0.215. The van der Waals surface area contributed by atoms with Gasteiger partial charge in [0.15, 0.2) is 0 Å². The predicted octanol–water partition coefficient (Wildman–Crippen LogP) is 2.56. The van der Waals surface area contributed by atoms with E-state index in [4.69, 9.17) is 17.3 Å². The number of hydrogen-bond donors (Lipinski definition) is 2. The first-order chi connectivity index (χ1) is 9.94. The lowest BCUT2D eigenvalue weighted by Gasteiger charge is -2.12. The number of benzene rings is 1. The number of guanidine groups is 1. The van der Waals surface area contributed by atoms with Crippen molar-refractivity contribution in [3.63, 3.8) is 0 Å². The highest BCUT2D eigenvalue weighted by atomic mass is 35.5. The maximum Gasteiger partial charge on any atom is 0.254 e. The first-order valence-electron chi connectivity index (χ1n) is 6.34. The lowest BCUT2D eigenvalue weighted by atomic mass is 10.3. The van der Waals surface area contributed by atoms with Gasteiger partial charge in [-0.3, -0.25) is 0 Å². The molecular weight excluding hydrogens is 288 g/mol. The number of rotatable bonds is 3. The Balaban J connectivity index is 2.20. The van der Waals surface area contributed by atoms with Crippen molar-refractivity contribution in [3.8, 4) is 0 Å². The Morgan fingerprint density at radius 1 is 1.24 bits per heavy atom. The zero-order chi connectivity index (χ0) is 15.4. The summed E-state index contributed by atoms with van der Waals surface area (Å²) in [6.45, 7) is 1.89. The lowest BCUT2D eigenvalue weighted by molar-refractivity contribution is 1.01. The molecule has 21 heavy (non-hydrogen) atoms. The molecule has 0 fully saturated rings. The average molecular weight is 305 g/mol. The number of hydrogen-bond acceptors (Lipinski definition) is 4. The highest BCUT2D eigenvalue weighted by Crippen LogP contribution is 2.15. The second kappa shape index (κ2) is 6.41. The Labute approximate surface area is 128 Å². The number of nitrogens with zero attached hydrogens (tertiary/aromatic N) is 4. The van der Waals surface area contributed by atoms with Gasteiger partial charge in [0.05, 0.1) is 0 Å². The Kier molecular flexibility index (Phi) is 4.59. The highest BCUT2D eigenvalue weighted by Gasteiger charge is 2.04. The highest BCUT2D eigenvalue weighted by molar-refractivity contribution is 6.30. The monoisotopic (exact) mass is 304 g/mol. The summed E-state index contributed by atoms with van der Waals surface area (Å²) >= 11 is 5.83. The van der Waals surface area contributed by atoms with Gasteiger partial charge in [0, 0.05) is 36.6 Å². The fraction of sp³-hybridized carbons (Fsp3) is 0.214. The number of aromatic nitrogens is 2. The summed E-state index contributed by atoms with van der Waals surface area (Å²) in [4.78, 5) is 14.6. The minimum atomic E-state index is 0.215. The van der Waals surface area contributed by atoms with Crippen molar-refractivity contribution in [1.82, 2.24) is 9.97 Å². The molecule has 0 aliphatic heterocycles. The second-order valence-electron chi connectivity index (χ2n) is 4.69. The van der Waals surface area contributed by atoms with Crippen LogP contribution in [0.25, 0.3) is 0 Å². The van der Waals surface area contributed by atoms with Crippen LogP contribution < -0.4 is 16.0 Å². The van der Waals surface area contributed by atoms with Crippen LogP contribution in [0.15, 0.2) is 35.3 Å². The van der Waals surface area contributed by atoms with Crippen LogP contribution in [0.5, 0.6) is 0 Å². The molecule has 0 spiro atoms. The average Bonchev–Trinajstić information content (AvgIpc) is 2.40. The molecule has 1 aromatic carbocycles. The Bertz CT molecular complexity index is 651. The fourth-order valence-electron chi connectivity index (χ4n) is 1.63. The number of halogens is 1. The molecule has 0 atom stereocenters. The van der Waals surface area contributed by atoms with Gasteiger partial charge in [-0.05, 0) is 31.2 Å². The SMILES string of the molecule is Cc1cc(N(C)C)nc(/N=C(\N)Nc2ccc(Cl)cc2)n1. The van der Waals surface area contributed by atoms with Gasteiger partial charge in [-0.25, -0.2) is 4.98 Å². The van der Waals surface area contributed by atoms with Gasteiger partial charge in [0.25, 0.3) is 5.95 Å². The van der Waals surface area contributed by atoms with E-state index in [1.807, 2.05) is 44.1 Å². The first kappa shape index (κ1) is 15.1. The van der Waals surface area contributed by atoms with Crippen molar-refractivity contribution in [2.24, 2.45) is 10.7 Å². The van der Waals surface area contributed by atoms with Gasteiger partial charge in [-0.1, -0.05) is 11.6 Å². The van der Waals surface area contributed by atoms with Gasteiger partial charge >= 0.3 is 0 Å². The number of aliphatic imine (C=N–C) groups is 1. The minimum Gasteiger partial charge on any atom is -0.369 e. The number of anilines is 2. The molecular formula is C14H17ClN6. The van der Waals surface area contributed by atoms with Crippen molar-refractivity contribution in [2.45, 2.75) is 6.92 Å². The van der Waals surface area contributed by atoms with E-state index in [1.54, 1.807) is 12.1 Å². The zero-order valence-corrected chi connectivity index (χ0v) is 12.9. The molecule has 2 aromatic rings. The molecule has 0 radical (unpaired) electrons. The zero-order valence-electron chi connectivity index (χ0n) is 12.1. The molecule has 110 valence electrons. The lowest BCUT2D eigenvalue weighted by Crippen LogP contribution is -2.22. The molecule has 0 saturated heterocycles. The molecule has 6 nitrogen and oxygen atoms in total. The third-order valence-corrected chi connectivity index (χ3v) is 2.88. The molecule has 3 N–H and O–H groups in total. The summed E-state index contributed by atoms with van der Waals surface area (Å²) in [5.41, 5.74) is 7.48. The first-order valence-corrected chi connectivity index (χ1v) is 6.71. The summed E-state index contributed by atoms with van der Waals surface area (Å²) in [5, 5.41) is 3.62. The normalized spacial score (nSPS) is 11.3. The van der Waals surface area contributed by atoms with E-state index in [-0.39, 0.29) is 5.96 Å².